The summed E-state index contributed by atoms with van der Waals surface area (Å²) in [5.74, 6) is -3.22. The Balaban J connectivity index is 1.83. The molecular weight excluding hydrogens is 402 g/mol. The van der Waals surface area contributed by atoms with Gasteiger partial charge in [0.1, 0.15) is 10.9 Å². The van der Waals surface area contributed by atoms with Gasteiger partial charge >= 0.3 is 0 Å². The van der Waals surface area contributed by atoms with Crippen LogP contribution < -0.4 is 4.90 Å². The summed E-state index contributed by atoms with van der Waals surface area (Å²) >= 11 is 1.20. The highest BCUT2D eigenvalue weighted by Gasteiger charge is 2.54. The number of nitrogens with zero attached hydrogens (tertiary/aromatic N) is 3. The van der Waals surface area contributed by atoms with E-state index in [9.17, 15) is 14.4 Å². The van der Waals surface area contributed by atoms with Crippen molar-refractivity contribution in [3.05, 3.63) is 64.6 Å². The van der Waals surface area contributed by atoms with E-state index in [2.05, 4.69) is 31.0 Å². The SMILES string of the molecule is Cc1nnc(N2C(=O)C(=O)C(C(=O)c3ccco3)C2c2ccc(C(C)(C)C)cc2)s1. The average Bonchev–Trinajstić information content (AvgIpc) is 3.42. The van der Waals surface area contributed by atoms with Gasteiger partial charge in [0, 0.05) is 0 Å². The minimum atomic E-state index is -1.21. The Bertz CT molecular complexity index is 1110. The molecule has 2 unspecified atom stereocenters. The Kier molecular flexibility index (Phi) is 4.89. The molecule has 1 aliphatic heterocycles. The van der Waals surface area contributed by atoms with Crippen LogP contribution in [0.1, 0.15) is 53.5 Å². The van der Waals surface area contributed by atoms with Gasteiger partial charge in [-0.1, -0.05) is 56.4 Å². The van der Waals surface area contributed by atoms with Gasteiger partial charge in [-0.2, -0.15) is 0 Å². The lowest BCUT2D eigenvalue weighted by molar-refractivity contribution is -0.135. The lowest BCUT2D eigenvalue weighted by Gasteiger charge is -2.26. The molecule has 8 heteroatoms. The van der Waals surface area contributed by atoms with Crippen LogP contribution >= 0.6 is 11.3 Å². The van der Waals surface area contributed by atoms with Gasteiger partial charge in [-0.05, 0) is 35.6 Å². The van der Waals surface area contributed by atoms with Crippen LogP contribution in [0.3, 0.4) is 0 Å². The number of furan rings is 1. The zero-order valence-electron chi connectivity index (χ0n) is 17.1. The Morgan fingerprint density at radius 2 is 1.80 bits per heavy atom. The highest BCUT2D eigenvalue weighted by Crippen LogP contribution is 2.42. The fourth-order valence-electron chi connectivity index (χ4n) is 3.62. The summed E-state index contributed by atoms with van der Waals surface area (Å²) in [5.41, 5.74) is 1.73. The second-order valence-corrected chi connectivity index (χ2v) is 9.44. The summed E-state index contributed by atoms with van der Waals surface area (Å²) in [6.07, 6.45) is 1.37. The average molecular weight is 423 g/mol. The van der Waals surface area contributed by atoms with E-state index in [1.54, 1.807) is 13.0 Å². The van der Waals surface area contributed by atoms with Crippen molar-refractivity contribution < 1.29 is 18.8 Å². The summed E-state index contributed by atoms with van der Waals surface area (Å²) in [7, 11) is 0. The van der Waals surface area contributed by atoms with Gasteiger partial charge in [0.2, 0.25) is 16.7 Å². The van der Waals surface area contributed by atoms with Crippen LogP contribution in [-0.2, 0) is 15.0 Å². The van der Waals surface area contributed by atoms with Gasteiger partial charge in [0.25, 0.3) is 5.91 Å². The fourth-order valence-corrected chi connectivity index (χ4v) is 4.34. The van der Waals surface area contributed by atoms with Crippen molar-refractivity contribution in [1.29, 1.82) is 0 Å². The third-order valence-electron chi connectivity index (χ3n) is 5.19. The first kappa shape index (κ1) is 20.2. The molecule has 7 nitrogen and oxygen atoms in total. The number of anilines is 1. The Labute approximate surface area is 177 Å². The molecule has 2 aromatic heterocycles. The first-order valence-electron chi connectivity index (χ1n) is 9.54. The summed E-state index contributed by atoms with van der Waals surface area (Å²) in [4.78, 5) is 40.3. The molecule has 3 aromatic rings. The van der Waals surface area contributed by atoms with Crippen molar-refractivity contribution in [1.82, 2.24) is 10.2 Å². The van der Waals surface area contributed by atoms with Gasteiger partial charge in [-0.15, -0.1) is 10.2 Å². The molecule has 0 N–H and O–H groups in total. The number of hydrogen-bond acceptors (Lipinski definition) is 7. The number of aromatic nitrogens is 2. The third kappa shape index (κ3) is 3.37. The van der Waals surface area contributed by atoms with Gasteiger partial charge in [0.05, 0.1) is 12.3 Å². The molecule has 0 spiro atoms. The highest BCUT2D eigenvalue weighted by molar-refractivity contribution is 7.15. The maximum atomic E-state index is 13.1. The normalized spacial score (nSPS) is 19.5. The summed E-state index contributed by atoms with van der Waals surface area (Å²) in [6, 6.07) is 9.90. The Morgan fingerprint density at radius 3 is 2.33 bits per heavy atom. The monoisotopic (exact) mass is 423 g/mol. The van der Waals surface area contributed by atoms with Crippen molar-refractivity contribution >= 4 is 33.9 Å². The Morgan fingerprint density at radius 1 is 1.10 bits per heavy atom. The van der Waals surface area contributed by atoms with E-state index < -0.39 is 29.4 Å². The number of amides is 1. The minimum absolute atomic E-state index is 0.0488. The van der Waals surface area contributed by atoms with Crippen molar-refractivity contribution in [2.75, 3.05) is 4.90 Å². The lowest BCUT2D eigenvalue weighted by atomic mass is 9.84. The number of ketones is 2. The smallest absolute Gasteiger partial charge is 0.297 e. The first-order valence-corrected chi connectivity index (χ1v) is 10.4. The quantitative estimate of drug-likeness (QED) is 0.359. The number of benzene rings is 1. The van der Waals surface area contributed by atoms with E-state index in [0.29, 0.717) is 15.7 Å². The molecule has 4 rings (SSSR count). The molecule has 1 aromatic carbocycles. The molecule has 30 heavy (non-hydrogen) atoms. The number of carbonyl (C=O) groups excluding carboxylic acids is 3. The van der Waals surface area contributed by atoms with Crippen LogP contribution in [0.15, 0.2) is 47.1 Å². The van der Waals surface area contributed by atoms with Crippen LogP contribution in [0, 0.1) is 12.8 Å². The molecule has 1 saturated heterocycles. The number of Topliss-reactive ketones (excluding diaryl/α,β-unsaturated/α-hetero) is 2. The van der Waals surface area contributed by atoms with Crippen LogP contribution in [0.4, 0.5) is 5.13 Å². The topological polar surface area (TPSA) is 93.4 Å². The van der Waals surface area contributed by atoms with E-state index in [0.717, 1.165) is 5.56 Å². The highest BCUT2D eigenvalue weighted by atomic mass is 32.1. The zero-order chi connectivity index (χ0) is 21.6. The third-order valence-corrected chi connectivity index (χ3v) is 6.03. The maximum Gasteiger partial charge on any atom is 0.297 e. The molecule has 2 atom stereocenters. The molecule has 0 bridgehead atoms. The van der Waals surface area contributed by atoms with E-state index in [1.165, 1.54) is 28.6 Å². The predicted molar refractivity (Wildman–Crippen MR) is 112 cm³/mol. The molecule has 0 radical (unpaired) electrons. The molecular formula is C22H21N3O4S. The minimum Gasteiger partial charge on any atom is -0.461 e. The lowest BCUT2D eigenvalue weighted by Crippen LogP contribution is -2.30. The molecule has 3 heterocycles. The van der Waals surface area contributed by atoms with Crippen LogP contribution in [0.2, 0.25) is 0 Å². The van der Waals surface area contributed by atoms with Crippen molar-refractivity contribution in [3.8, 4) is 0 Å². The van der Waals surface area contributed by atoms with E-state index in [1.807, 2.05) is 24.3 Å². The van der Waals surface area contributed by atoms with E-state index in [-0.39, 0.29) is 11.2 Å². The fraction of sp³-hybridized carbons (Fsp3) is 0.318. The van der Waals surface area contributed by atoms with Crippen LogP contribution in [0.5, 0.6) is 0 Å². The van der Waals surface area contributed by atoms with Gasteiger partial charge in [-0.3, -0.25) is 19.3 Å². The van der Waals surface area contributed by atoms with Crippen LogP contribution in [0.25, 0.3) is 0 Å². The summed E-state index contributed by atoms with van der Waals surface area (Å²) < 4.78 is 5.23. The maximum absolute atomic E-state index is 13.1. The summed E-state index contributed by atoms with van der Waals surface area (Å²) in [6.45, 7) is 8.07. The second kappa shape index (κ2) is 7.28. The second-order valence-electron chi connectivity index (χ2n) is 8.28. The Hall–Kier alpha value is -3.13. The van der Waals surface area contributed by atoms with Crippen LogP contribution in [-0.4, -0.2) is 27.7 Å². The van der Waals surface area contributed by atoms with Crippen molar-refractivity contribution in [2.24, 2.45) is 5.92 Å². The van der Waals surface area contributed by atoms with Crippen molar-refractivity contribution in [2.45, 2.75) is 39.2 Å². The van der Waals surface area contributed by atoms with Gasteiger partial charge < -0.3 is 4.42 Å². The molecule has 1 aliphatic rings. The molecule has 0 aliphatic carbocycles. The standard InChI is InChI=1S/C22H21N3O4S/c1-12-23-24-21(30-12)25-17(13-7-9-14(10-8-13)22(2,3)4)16(19(27)20(25)28)18(26)15-6-5-11-29-15/h5-11,16-17H,1-4H3. The van der Waals surface area contributed by atoms with Gasteiger partial charge in [-0.25, -0.2) is 0 Å². The summed E-state index contributed by atoms with van der Waals surface area (Å²) in [5, 5.41) is 8.99. The first-order chi connectivity index (χ1) is 14.2. The van der Waals surface area contributed by atoms with Gasteiger partial charge in [0.15, 0.2) is 5.76 Å². The number of aryl methyl sites for hydroxylation is 1. The van der Waals surface area contributed by atoms with E-state index >= 15 is 0 Å². The molecule has 1 fully saturated rings. The number of hydrogen-bond donors (Lipinski definition) is 0. The molecule has 154 valence electrons. The molecule has 0 saturated carbocycles. The van der Waals surface area contributed by atoms with Crippen molar-refractivity contribution in [3.63, 3.8) is 0 Å². The van der Waals surface area contributed by atoms with E-state index in [4.69, 9.17) is 4.42 Å². The molecule has 1 amide bonds. The largest absolute Gasteiger partial charge is 0.461 e. The zero-order valence-corrected chi connectivity index (χ0v) is 17.9. The number of carbonyl (C=O) groups is 3. The number of rotatable bonds is 4. The predicted octanol–water partition coefficient (Wildman–Crippen LogP) is 3.89.